The van der Waals surface area contributed by atoms with Gasteiger partial charge in [-0.3, -0.25) is 0 Å². The highest BCUT2D eigenvalue weighted by Crippen LogP contribution is 2.18. The molecule has 0 aromatic carbocycles. The molecule has 1 fully saturated rings. The maximum absolute atomic E-state index is 12.5. The molecule has 20 heavy (non-hydrogen) atoms. The minimum atomic E-state index is -3.55. The zero-order chi connectivity index (χ0) is 14.6. The van der Waals surface area contributed by atoms with E-state index in [-0.39, 0.29) is 11.0 Å². The lowest BCUT2D eigenvalue weighted by atomic mass is 10.4. The van der Waals surface area contributed by atoms with Crippen LogP contribution in [0.5, 0.6) is 0 Å². The second-order valence-electron chi connectivity index (χ2n) is 4.67. The minimum absolute atomic E-state index is 0.103. The smallest absolute Gasteiger partial charge is 0.246 e. The Labute approximate surface area is 119 Å². The molecule has 0 amide bonds. The van der Waals surface area contributed by atoms with Crippen LogP contribution in [0, 0.1) is 0 Å². The summed E-state index contributed by atoms with van der Waals surface area (Å²) >= 11 is 0. The van der Waals surface area contributed by atoms with Gasteiger partial charge >= 0.3 is 0 Å². The van der Waals surface area contributed by atoms with Crippen molar-refractivity contribution in [3.63, 3.8) is 0 Å². The lowest BCUT2D eigenvalue weighted by Crippen LogP contribution is -2.36. The number of hydrogen-bond donors (Lipinski definition) is 1. The quantitative estimate of drug-likeness (QED) is 0.881. The van der Waals surface area contributed by atoms with Crippen molar-refractivity contribution in [2.24, 2.45) is 0 Å². The minimum Gasteiger partial charge on any atom is -0.377 e. The lowest BCUT2D eigenvalue weighted by molar-refractivity contribution is 0.0752. The average molecular weight is 300 g/mol. The molecule has 1 unspecified atom stereocenters. The van der Waals surface area contributed by atoms with Crippen molar-refractivity contribution < 1.29 is 13.2 Å². The van der Waals surface area contributed by atoms with Gasteiger partial charge in [-0.1, -0.05) is 0 Å². The second-order valence-corrected chi connectivity index (χ2v) is 6.61. The van der Waals surface area contributed by atoms with Crippen LogP contribution in [-0.2, 0) is 14.8 Å². The number of nitrogens with zero attached hydrogens (tertiary/aromatic N) is 3. The summed E-state index contributed by atoms with van der Waals surface area (Å²) in [5.74, 6) is 0.430. The number of sulfonamides is 1. The van der Waals surface area contributed by atoms with E-state index in [1.165, 1.54) is 16.7 Å². The Morgan fingerprint density at radius 1 is 1.45 bits per heavy atom. The maximum atomic E-state index is 12.5. The molecule has 7 nitrogen and oxygen atoms in total. The molecule has 1 aromatic heterocycles. The standard InChI is InChI=1S/C12H20N4O3S/c1-3-13-12-14-7-11(8-15-12)20(17,18)16-5-4-6-19-10(2)9-16/h7-8,10H,3-6,9H2,1-2H3,(H,13,14,15). The van der Waals surface area contributed by atoms with Gasteiger partial charge in [0.05, 0.1) is 18.5 Å². The fourth-order valence-corrected chi connectivity index (χ4v) is 3.47. The number of rotatable bonds is 4. The van der Waals surface area contributed by atoms with Crippen molar-refractivity contribution in [3.05, 3.63) is 12.4 Å². The fraction of sp³-hybridized carbons (Fsp3) is 0.667. The first-order chi connectivity index (χ1) is 9.54. The van der Waals surface area contributed by atoms with Gasteiger partial charge in [-0.25, -0.2) is 18.4 Å². The first kappa shape index (κ1) is 15.1. The first-order valence-corrected chi connectivity index (χ1v) is 8.15. The molecule has 0 saturated carbocycles. The summed E-state index contributed by atoms with van der Waals surface area (Å²) in [5, 5.41) is 2.93. The number of hydrogen-bond acceptors (Lipinski definition) is 6. The van der Waals surface area contributed by atoms with Crippen LogP contribution >= 0.6 is 0 Å². The van der Waals surface area contributed by atoms with Crippen molar-refractivity contribution in [1.29, 1.82) is 0 Å². The summed E-state index contributed by atoms with van der Waals surface area (Å²) in [6.45, 7) is 5.89. The molecule has 0 radical (unpaired) electrons. The largest absolute Gasteiger partial charge is 0.377 e. The van der Waals surface area contributed by atoms with Crippen molar-refractivity contribution >= 4 is 16.0 Å². The third-order valence-corrected chi connectivity index (χ3v) is 4.83. The summed E-state index contributed by atoms with van der Waals surface area (Å²) in [5.41, 5.74) is 0. The van der Waals surface area contributed by atoms with Crippen molar-refractivity contribution in [2.75, 3.05) is 31.6 Å². The molecule has 1 atom stereocenters. The van der Waals surface area contributed by atoms with Crippen LogP contribution in [0.1, 0.15) is 20.3 Å². The molecule has 1 aromatic rings. The van der Waals surface area contributed by atoms with E-state index in [1.54, 1.807) is 0 Å². The van der Waals surface area contributed by atoms with Crippen LogP contribution in [0.15, 0.2) is 17.3 Å². The first-order valence-electron chi connectivity index (χ1n) is 6.71. The van der Waals surface area contributed by atoms with Crippen LogP contribution in [0.4, 0.5) is 5.95 Å². The van der Waals surface area contributed by atoms with Crippen LogP contribution < -0.4 is 5.32 Å². The molecule has 2 rings (SSSR count). The van der Waals surface area contributed by atoms with Gasteiger partial charge in [0.1, 0.15) is 4.90 Å². The molecular weight excluding hydrogens is 280 g/mol. The Bertz CT molecular complexity index is 532. The third-order valence-electron chi connectivity index (χ3n) is 3.02. The lowest BCUT2D eigenvalue weighted by Gasteiger charge is -2.21. The van der Waals surface area contributed by atoms with E-state index in [2.05, 4.69) is 15.3 Å². The van der Waals surface area contributed by atoms with Crippen molar-refractivity contribution in [1.82, 2.24) is 14.3 Å². The zero-order valence-electron chi connectivity index (χ0n) is 11.7. The molecule has 0 aliphatic carbocycles. The predicted molar refractivity (Wildman–Crippen MR) is 75.0 cm³/mol. The number of nitrogens with one attached hydrogen (secondary N) is 1. The zero-order valence-corrected chi connectivity index (χ0v) is 12.6. The average Bonchev–Trinajstić information content (AvgIpc) is 2.65. The normalized spacial score (nSPS) is 21.4. The Balaban J connectivity index is 2.20. The van der Waals surface area contributed by atoms with Crippen LogP contribution in [0.2, 0.25) is 0 Å². The number of ether oxygens (including phenoxy) is 1. The van der Waals surface area contributed by atoms with E-state index < -0.39 is 10.0 Å². The highest BCUT2D eigenvalue weighted by Gasteiger charge is 2.28. The van der Waals surface area contributed by atoms with Crippen molar-refractivity contribution in [2.45, 2.75) is 31.3 Å². The van der Waals surface area contributed by atoms with Gasteiger partial charge in [0.15, 0.2) is 0 Å². The molecule has 2 heterocycles. The van der Waals surface area contributed by atoms with Gasteiger partial charge in [0.25, 0.3) is 0 Å². The monoisotopic (exact) mass is 300 g/mol. The van der Waals surface area contributed by atoms with Crippen molar-refractivity contribution in [3.8, 4) is 0 Å². The van der Waals surface area contributed by atoms with Crippen LogP contribution in [-0.4, -0.2) is 55.0 Å². The SMILES string of the molecule is CCNc1ncc(S(=O)(=O)N2CCCOC(C)C2)cn1. The van der Waals surface area contributed by atoms with Gasteiger partial charge in [-0.05, 0) is 20.3 Å². The molecule has 1 aliphatic heterocycles. The summed E-state index contributed by atoms with van der Waals surface area (Å²) in [4.78, 5) is 8.14. The molecule has 8 heteroatoms. The molecular formula is C12H20N4O3S. The Morgan fingerprint density at radius 2 is 2.15 bits per heavy atom. The fourth-order valence-electron chi connectivity index (χ4n) is 2.02. The number of aromatic nitrogens is 2. The van der Waals surface area contributed by atoms with E-state index in [4.69, 9.17) is 4.74 Å². The molecule has 0 bridgehead atoms. The topological polar surface area (TPSA) is 84.4 Å². The Hall–Kier alpha value is -1.25. The summed E-state index contributed by atoms with van der Waals surface area (Å²) in [6.07, 6.45) is 3.28. The molecule has 1 N–H and O–H groups in total. The van der Waals surface area contributed by atoms with Crippen LogP contribution in [0.25, 0.3) is 0 Å². The van der Waals surface area contributed by atoms with E-state index >= 15 is 0 Å². The van der Waals surface area contributed by atoms with Gasteiger partial charge < -0.3 is 10.1 Å². The molecule has 112 valence electrons. The van der Waals surface area contributed by atoms with E-state index in [1.807, 2.05) is 13.8 Å². The Kier molecular flexibility index (Phi) is 4.90. The predicted octanol–water partition coefficient (Wildman–Crippen LogP) is 0.708. The van der Waals surface area contributed by atoms with Gasteiger partial charge in [0.2, 0.25) is 16.0 Å². The Morgan fingerprint density at radius 3 is 2.80 bits per heavy atom. The summed E-state index contributed by atoms with van der Waals surface area (Å²) in [7, 11) is -3.55. The second kappa shape index (κ2) is 6.47. The van der Waals surface area contributed by atoms with E-state index in [0.717, 1.165) is 0 Å². The highest BCUT2D eigenvalue weighted by atomic mass is 32.2. The maximum Gasteiger partial charge on any atom is 0.246 e. The summed E-state index contributed by atoms with van der Waals surface area (Å²) in [6, 6.07) is 0. The van der Waals surface area contributed by atoms with Gasteiger partial charge in [0, 0.05) is 26.2 Å². The molecule has 0 spiro atoms. The third kappa shape index (κ3) is 3.44. The molecule has 1 saturated heterocycles. The molecule has 1 aliphatic rings. The van der Waals surface area contributed by atoms with Gasteiger partial charge in [-0.2, -0.15) is 4.31 Å². The van der Waals surface area contributed by atoms with Gasteiger partial charge in [-0.15, -0.1) is 0 Å². The van der Waals surface area contributed by atoms with Crippen LogP contribution in [0.3, 0.4) is 0 Å². The van der Waals surface area contributed by atoms with E-state index in [9.17, 15) is 8.42 Å². The van der Waals surface area contributed by atoms with E-state index in [0.29, 0.717) is 38.6 Å². The number of anilines is 1. The highest BCUT2D eigenvalue weighted by molar-refractivity contribution is 7.89. The summed E-state index contributed by atoms with van der Waals surface area (Å²) < 4.78 is 32.0.